The molecule has 1 saturated heterocycles. The number of hydrogen-bond acceptors (Lipinski definition) is 9. The second-order valence-electron chi connectivity index (χ2n) is 9.29. The van der Waals surface area contributed by atoms with Crippen molar-refractivity contribution in [2.75, 3.05) is 23.3 Å². The Bertz CT molecular complexity index is 1630. The van der Waals surface area contributed by atoms with Crippen LogP contribution in [0, 0.1) is 11.3 Å². The highest BCUT2D eigenvalue weighted by atomic mass is 16.3. The molecule has 6 rings (SSSR count). The molecule has 0 radical (unpaired) electrons. The summed E-state index contributed by atoms with van der Waals surface area (Å²) in [4.78, 5) is 19.9. The second kappa shape index (κ2) is 10.7. The van der Waals surface area contributed by atoms with Gasteiger partial charge in [0, 0.05) is 42.4 Å². The van der Waals surface area contributed by atoms with Gasteiger partial charge in [0.15, 0.2) is 5.82 Å². The first-order valence-corrected chi connectivity index (χ1v) is 12.7. The van der Waals surface area contributed by atoms with Crippen LogP contribution in [-0.4, -0.2) is 54.0 Å². The SMILES string of the molecule is N#Cc1cc(-c2ccnc(Nc3ccc(-n4cnc(-c5ccccn5)n4)cc3)n2)cc(N2CCCC(O)C2)c1. The lowest BCUT2D eigenvalue weighted by Crippen LogP contribution is -2.38. The van der Waals surface area contributed by atoms with Gasteiger partial charge in [-0.3, -0.25) is 4.98 Å². The maximum absolute atomic E-state index is 10.1. The number of benzene rings is 2. The van der Waals surface area contributed by atoms with Crippen molar-refractivity contribution in [2.45, 2.75) is 18.9 Å². The van der Waals surface area contributed by atoms with Crippen molar-refractivity contribution in [1.29, 1.82) is 5.26 Å². The van der Waals surface area contributed by atoms with Crippen molar-refractivity contribution in [3.8, 4) is 34.5 Å². The topological polar surface area (TPSA) is 129 Å². The molecule has 0 aliphatic carbocycles. The minimum atomic E-state index is -0.360. The quantitative estimate of drug-likeness (QED) is 0.339. The van der Waals surface area contributed by atoms with Gasteiger partial charge in [0.2, 0.25) is 5.95 Å². The average Bonchev–Trinajstić information content (AvgIpc) is 3.48. The molecule has 3 aromatic heterocycles. The monoisotopic (exact) mass is 515 g/mol. The first kappa shape index (κ1) is 24.2. The second-order valence-corrected chi connectivity index (χ2v) is 9.29. The Kier molecular flexibility index (Phi) is 6.64. The minimum Gasteiger partial charge on any atom is -0.391 e. The van der Waals surface area contributed by atoms with Crippen molar-refractivity contribution in [3.63, 3.8) is 0 Å². The van der Waals surface area contributed by atoms with Crippen LogP contribution in [0.2, 0.25) is 0 Å². The zero-order chi connectivity index (χ0) is 26.6. The lowest BCUT2D eigenvalue weighted by molar-refractivity contribution is 0.154. The van der Waals surface area contributed by atoms with E-state index in [0.29, 0.717) is 35.3 Å². The van der Waals surface area contributed by atoms with Crippen LogP contribution in [0.1, 0.15) is 18.4 Å². The molecule has 39 heavy (non-hydrogen) atoms. The molecule has 192 valence electrons. The summed E-state index contributed by atoms with van der Waals surface area (Å²) in [7, 11) is 0. The van der Waals surface area contributed by atoms with Gasteiger partial charge in [0.25, 0.3) is 0 Å². The summed E-state index contributed by atoms with van der Waals surface area (Å²) in [6.45, 7) is 1.40. The number of pyridine rings is 1. The van der Waals surface area contributed by atoms with E-state index in [1.807, 2.05) is 66.7 Å². The van der Waals surface area contributed by atoms with Gasteiger partial charge in [-0.1, -0.05) is 6.07 Å². The van der Waals surface area contributed by atoms with E-state index in [-0.39, 0.29) is 6.10 Å². The van der Waals surface area contributed by atoms with Crippen LogP contribution in [-0.2, 0) is 0 Å². The summed E-state index contributed by atoms with van der Waals surface area (Å²) in [6, 6.07) is 23.1. The summed E-state index contributed by atoms with van der Waals surface area (Å²) in [5.41, 5.74) is 5.36. The molecule has 1 fully saturated rings. The smallest absolute Gasteiger partial charge is 0.227 e. The Morgan fingerprint density at radius 3 is 2.62 bits per heavy atom. The highest BCUT2D eigenvalue weighted by Crippen LogP contribution is 2.28. The van der Waals surface area contributed by atoms with E-state index >= 15 is 0 Å². The molecule has 2 aromatic carbocycles. The number of β-amino-alcohol motifs (C(OH)–C–C–N with tert-alkyl or cyclic N) is 1. The Morgan fingerprint density at radius 2 is 1.82 bits per heavy atom. The number of nitrogens with one attached hydrogen (secondary N) is 1. The third kappa shape index (κ3) is 5.44. The lowest BCUT2D eigenvalue weighted by atomic mass is 10.0. The standard InChI is InChI=1S/C29H25N9O/c30-17-20-14-21(16-24(15-20)37-13-3-4-25(39)18-37)26-10-12-32-29(35-26)34-22-6-8-23(9-7-22)38-19-33-28(36-38)27-5-1-2-11-31-27/h1-2,5-12,14-16,19,25,39H,3-4,13,18H2,(H,32,34,35). The molecule has 0 bridgehead atoms. The number of anilines is 3. The highest BCUT2D eigenvalue weighted by molar-refractivity contribution is 5.70. The van der Waals surface area contributed by atoms with Crippen LogP contribution in [0.3, 0.4) is 0 Å². The number of aliphatic hydroxyl groups excluding tert-OH is 1. The fourth-order valence-electron chi connectivity index (χ4n) is 4.60. The van der Waals surface area contributed by atoms with Gasteiger partial charge in [-0.05, 0) is 73.5 Å². The number of nitrogens with zero attached hydrogens (tertiary/aromatic N) is 8. The van der Waals surface area contributed by atoms with E-state index in [1.165, 1.54) is 0 Å². The number of hydrogen-bond donors (Lipinski definition) is 2. The van der Waals surface area contributed by atoms with Gasteiger partial charge < -0.3 is 15.3 Å². The number of piperidine rings is 1. The van der Waals surface area contributed by atoms with Gasteiger partial charge in [-0.25, -0.2) is 19.6 Å². The van der Waals surface area contributed by atoms with Gasteiger partial charge in [0.1, 0.15) is 12.0 Å². The first-order valence-electron chi connectivity index (χ1n) is 12.7. The molecule has 4 heterocycles. The van der Waals surface area contributed by atoms with Crippen LogP contribution >= 0.6 is 0 Å². The molecule has 10 nitrogen and oxygen atoms in total. The van der Waals surface area contributed by atoms with E-state index in [9.17, 15) is 10.4 Å². The van der Waals surface area contributed by atoms with Crippen LogP contribution in [0.5, 0.6) is 0 Å². The van der Waals surface area contributed by atoms with Crippen LogP contribution in [0.4, 0.5) is 17.3 Å². The molecule has 1 unspecified atom stereocenters. The zero-order valence-electron chi connectivity index (χ0n) is 21.0. The third-order valence-corrected chi connectivity index (χ3v) is 6.53. The number of rotatable bonds is 6. The van der Waals surface area contributed by atoms with Crippen molar-refractivity contribution in [1.82, 2.24) is 29.7 Å². The molecule has 5 aromatic rings. The number of aliphatic hydroxyl groups is 1. The molecule has 2 N–H and O–H groups in total. The van der Waals surface area contributed by atoms with Crippen molar-refractivity contribution in [2.24, 2.45) is 0 Å². The zero-order valence-corrected chi connectivity index (χ0v) is 21.0. The van der Waals surface area contributed by atoms with E-state index < -0.39 is 0 Å². The first-order chi connectivity index (χ1) is 19.1. The predicted molar refractivity (Wildman–Crippen MR) is 148 cm³/mol. The molecule has 0 spiro atoms. The molecular formula is C29H25N9O. The summed E-state index contributed by atoms with van der Waals surface area (Å²) >= 11 is 0. The molecular weight excluding hydrogens is 490 g/mol. The summed E-state index contributed by atoms with van der Waals surface area (Å²) in [5, 5.41) is 27.5. The maximum Gasteiger partial charge on any atom is 0.227 e. The summed E-state index contributed by atoms with van der Waals surface area (Å²) in [6.07, 6.45) is 6.42. The third-order valence-electron chi connectivity index (χ3n) is 6.53. The Labute approximate surface area is 225 Å². The highest BCUT2D eigenvalue weighted by Gasteiger charge is 2.19. The minimum absolute atomic E-state index is 0.360. The molecule has 1 aliphatic heterocycles. The normalized spacial score (nSPS) is 15.1. The molecule has 10 heteroatoms. The summed E-state index contributed by atoms with van der Waals surface area (Å²) < 4.78 is 1.70. The summed E-state index contributed by atoms with van der Waals surface area (Å²) in [5.74, 6) is 0.999. The van der Waals surface area contributed by atoms with E-state index in [1.54, 1.807) is 23.4 Å². The Balaban J connectivity index is 1.20. The van der Waals surface area contributed by atoms with Crippen LogP contribution < -0.4 is 10.2 Å². The van der Waals surface area contributed by atoms with E-state index in [4.69, 9.17) is 4.98 Å². The fraction of sp³-hybridized carbons (Fsp3) is 0.172. The Morgan fingerprint density at radius 1 is 0.923 bits per heavy atom. The van der Waals surface area contributed by atoms with Crippen LogP contribution in [0.15, 0.2) is 85.5 Å². The number of aromatic nitrogens is 6. The van der Waals surface area contributed by atoms with E-state index in [0.717, 1.165) is 42.0 Å². The largest absolute Gasteiger partial charge is 0.391 e. The van der Waals surface area contributed by atoms with Gasteiger partial charge >= 0.3 is 0 Å². The van der Waals surface area contributed by atoms with Gasteiger partial charge in [-0.2, -0.15) is 5.26 Å². The van der Waals surface area contributed by atoms with Gasteiger partial charge in [0.05, 0.1) is 29.1 Å². The van der Waals surface area contributed by atoms with Crippen LogP contribution in [0.25, 0.3) is 28.5 Å². The molecule has 1 atom stereocenters. The van der Waals surface area contributed by atoms with Crippen molar-refractivity contribution >= 4 is 17.3 Å². The average molecular weight is 516 g/mol. The number of nitriles is 1. The van der Waals surface area contributed by atoms with Gasteiger partial charge in [-0.15, -0.1) is 5.10 Å². The predicted octanol–water partition coefficient (Wildman–Crippen LogP) is 4.36. The molecule has 0 amide bonds. The Hall–Kier alpha value is -5.14. The van der Waals surface area contributed by atoms with E-state index in [2.05, 4.69) is 36.3 Å². The van der Waals surface area contributed by atoms with Crippen molar-refractivity contribution in [3.05, 3.63) is 91.0 Å². The molecule has 0 saturated carbocycles. The van der Waals surface area contributed by atoms with Crippen molar-refractivity contribution < 1.29 is 5.11 Å². The fourth-order valence-corrected chi connectivity index (χ4v) is 4.60. The molecule has 1 aliphatic rings. The maximum atomic E-state index is 10.1. The lowest BCUT2D eigenvalue weighted by Gasteiger charge is -2.32.